The van der Waals surface area contributed by atoms with Crippen LogP contribution in [0.25, 0.3) is 0 Å². The average molecular weight is 363 g/mol. The van der Waals surface area contributed by atoms with Crippen LogP contribution in [-0.4, -0.2) is 41.4 Å². The predicted molar refractivity (Wildman–Crippen MR) is 94.9 cm³/mol. The zero-order chi connectivity index (χ0) is 17.4. The molecule has 1 aromatic rings. The molecule has 1 heterocycles. The first-order chi connectivity index (χ1) is 12.1. The fourth-order valence-corrected chi connectivity index (χ4v) is 5.75. The molecule has 0 atom stereocenters. The second kappa shape index (κ2) is 6.67. The van der Waals surface area contributed by atoms with E-state index in [4.69, 9.17) is 9.47 Å². The van der Waals surface area contributed by atoms with E-state index in [-0.39, 0.29) is 18.1 Å². The SMILES string of the molecule is COc1cc(OCC(=O)NC23CC4CC(CC(C4)C2)C3)nc(SC)n1. The van der Waals surface area contributed by atoms with Crippen LogP contribution in [0.2, 0.25) is 0 Å². The highest BCUT2D eigenvalue weighted by Crippen LogP contribution is 2.55. The highest BCUT2D eigenvalue weighted by molar-refractivity contribution is 7.98. The quantitative estimate of drug-likeness (QED) is 0.619. The molecule has 4 aliphatic carbocycles. The third kappa shape index (κ3) is 3.57. The summed E-state index contributed by atoms with van der Waals surface area (Å²) in [5.74, 6) is 3.19. The highest BCUT2D eigenvalue weighted by Gasteiger charge is 2.51. The van der Waals surface area contributed by atoms with Gasteiger partial charge in [-0.1, -0.05) is 11.8 Å². The maximum Gasteiger partial charge on any atom is 0.258 e. The van der Waals surface area contributed by atoms with Crippen molar-refractivity contribution in [2.45, 2.75) is 49.2 Å². The number of rotatable bonds is 6. The summed E-state index contributed by atoms with van der Waals surface area (Å²) in [7, 11) is 1.55. The lowest BCUT2D eigenvalue weighted by Gasteiger charge is -2.56. The van der Waals surface area contributed by atoms with Gasteiger partial charge in [0.05, 0.1) is 13.2 Å². The lowest BCUT2D eigenvalue weighted by atomic mass is 9.53. The summed E-state index contributed by atoms with van der Waals surface area (Å²) >= 11 is 1.41. The molecule has 25 heavy (non-hydrogen) atoms. The zero-order valence-corrected chi connectivity index (χ0v) is 15.6. The van der Waals surface area contributed by atoms with Gasteiger partial charge in [-0.05, 0) is 62.5 Å². The van der Waals surface area contributed by atoms with Crippen molar-refractivity contribution in [3.05, 3.63) is 6.07 Å². The Morgan fingerprint density at radius 1 is 1.20 bits per heavy atom. The van der Waals surface area contributed by atoms with E-state index in [1.54, 1.807) is 13.2 Å². The van der Waals surface area contributed by atoms with Crippen molar-refractivity contribution in [3.8, 4) is 11.8 Å². The number of nitrogens with zero attached hydrogens (tertiary/aromatic N) is 2. The number of nitrogens with one attached hydrogen (secondary N) is 1. The van der Waals surface area contributed by atoms with Crippen molar-refractivity contribution in [1.82, 2.24) is 15.3 Å². The Kier molecular flexibility index (Phi) is 4.52. The molecule has 136 valence electrons. The standard InChI is InChI=1S/C18H25N3O3S/c1-23-15-6-16(20-17(19-15)25-2)24-10-14(22)21-18-7-11-3-12(8-18)5-13(4-11)9-18/h6,11-13H,3-5,7-10H2,1-2H3,(H,21,22). The molecule has 0 saturated heterocycles. The zero-order valence-electron chi connectivity index (χ0n) is 14.8. The molecule has 4 fully saturated rings. The number of thioether (sulfide) groups is 1. The summed E-state index contributed by atoms with van der Waals surface area (Å²) in [6.45, 7) is -0.0181. The van der Waals surface area contributed by atoms with Crippen LogP contribution in [-0.2, 0) is 4.79 Å². The van der Waals surface area contributed by atoms with Crippen LogP contribution in [0.15, 0.2) is 11.2 Å². The Hall–Kier alpha value is -1.50. The van der Waals surface area contributed by atoms with Crippen LogP contribution in [0.1, 0.15) is 38.5 Å². The number of aromatic nitrogens is 2. The molecule has 7 heteroatoms. The lowest BCUT2D eigenvalue weighted by molar-refractivity contribution is -0.128. The summed E-state index contributed by atoms with van der Waals surface area (Å²) in [6, 6.07) is 1.61. The number of hydrogen-bond acceptors (Lipinski definition) is 6. The molecule has 0 aliphatic heterocycles. The van der Waals surface area contributed by atoms with Crippen molar-refractivity contribution < 1.29 is 14.3 Å². The van der Waals surface area contributed by atoms with E-state index in [1.165, 1.54) is 31.0 Å². The van der Waals surface area contributed by atoms with Crippen LogP contribution in [0.4, 0.5) is 0 Å². The van der Waals surface area contributed by atoms with E-state index < -0.39 is 0 Å². The molecule has 1 amide bonds. The third-order valence-electron chi connectivity index (χ3n) is 5.84. The predicted octanol–water partition coefficient (Wildman–Crippen LogP) is 2.67. The molecule has 6 nitrogen and oxygen atoms in total. The molecule has 0 aromatic carbocycles. The largest absolute Gasteiger partial charge is 0.481 e. The van der Waals surface area contributed by atoms with Gasteiger partial charge in [-0.3, -0.25) is 4.79 Å². The van der Waals surface area contributed by atoms with Crippen LogP contribution in [0.5, 0.6) is 11.8 Å². The number of hydrogen-bond donors (Lipinski definition) is 1. The smallest absolute Gasteiger partial charge is 0.258 e. The Morgan fingerprint density at radius 2 is 1.80 bits per heavy atom. The molecule has 0 radical (unpaired) electrons. The molecule has 4 aliphatic rings. The number of carbonyl (C=O) groups excluding carboxylic acids is 1. The van der Waals surface area contributed by atoms with Gasteiger partial charge in [0.25, 0.3) is 5.91 Å². The first-order valence-corrected chi connectivity index (χ1v) is 10.2. The van der Waals surface area contributed by atoms with Gasteiger partial charge in [-0.15, -0.1) is 0 Å². The first kappa shape index (κ1) is 16.9. The number of ether oxygens (including phenoxy) is 2. The van der Waals surface area contributed by atoms with E-state index >= 15 is 0 Å². The van der Waals surface area contributed by atoms with Crippen LogP contribution < -0.4 is 14.8 Å². The monoisotopic (exact) mass is 363 g/mol. The van der Waals surface area contributed by atoms with E-state index in [0.29, 0.717) is 16.9 Å². The van der Waals surface area contributed by atoms with Crippen molar-refractivity contribution in [1.29, 1.82) is 0 Å². The fourth-order valence-electron chi connectivity index (χ4n) is 5.39. The van der Waals surface area contributed by atoms with Crippen molar-refractivity contribution >= 4 is 17.7 Å². The molecular formula is C18H25N3O3S. The molecule has 1 aromatic heterocycles. The Labute approximate surface area is 152 Å². The Balaban J connectivity index is 1.37. The van der Waals surface area contributed by atoms with Crippen molar-refractivity contribution in [2.24, 2.45) is 17.8 Å². The van der Waals surface area contributed by atoms with Gasteiger partial charge in [-0.25, -0.2) is 0 Å². The minimum Gasteiger partial charge on any atom is -0.481 e. The van der Waals surface area contributed by atoms with Crippen LogP contribution in [0, 0.1) is 17.8 Å². The average Bonchev–Trinajstić information content (AvgIpc) is 2.58. The minimum atomic E-state index is -0.0507. The maximum atomic E-state index is 12.5. The summed E-state index contributed by atoms with van der Waals surface area (Å²) < 4.78 is 10.8. The summed E-state index contributed by atoms with van der Waals surface area (Å²) in [6.07, 6.45) is 9.41. The fraction of sp³-hybridized carbons (Fsp3) is 0.722. The van der Waals surface area contributed by atoms with E-state index in [1.807, 2.05) is 6.26 Å². The Morgan fingerprint density at radius 3 is 2.36 bits per heavy atom. The first-order valence-electron chi connectivity index (χ1n) is 8.98. The van der Waals surface area contributed by atoms with Gasteiger partial charge in [0.1, 0.15) is 0 Å². The number of amides is 1. The van der Waals surface area contributed by atoms with E-state index in [2.05, 4.69) is 15.3 Å². The van der Waals surface area contributed by atoms with Crippen LogP contribution >= 0.6 is 11.8 Å². The molecule has 1 N–H and O–H groups in total. The molecule has 5 rings (SSSR count). The molecule has 4 bridgehead atoms. The summed E-state index contributed by atoms with van der Waals surface area (Å²) in [5, 5.41) is 3.87. The molecule has 4 saturated carbocycles. The second-order valence-corrected chi connectivity index (χ2v) is 8.54. The van der Waals surface area contributed by atoms with E-state index in [9.17, 15) is 4.79 Å². The van der Waals surface area contributed by atoms with Gasteiger partial charge in [-0.2, -0.15) is 9.97 Å². The molecule has 0 spiro atoms. The highest BCUT2D eigenvalue weighted by atomic mass is 32.2. The lowest BCUT2D eigenvalue weighted by Crippen LogP contribution is -2.60. The normalized spacial score (nSPS) is 32.5. The molecule has 0 unspecified atom stereocenters. The van der Waals surface area contributed by atoms with Crippen molar-refractivity contribution in [3.63, 3.8) is 0 Å². The summed E-state index contributed by atoms with van der Waals surface area (Å²) in [4.78, 5) is 21.0. The summed E-state index contributed by atoms with van der Waals surface area (Å²) in [5.41, 5.74) is 0.0169. The molecular weight excluding hydrogens is 338 g/mol. The van der Waals surface area contributed by atoms with Crippen LogP contribution in [0.3, 0.4) is 0 Å². The van der Waals surface area contributed by atoms with Crippen molar-refractivity contribution in [2.75, 3.05) is 20.0 Å². The number of methoxy groups -OCH3 is 1. The maximum absolute atomic E-state index is 12.5. The van der Waals surface area contributed by atoms with Gasteiger partial charge >= 0.3 is 0 Å². The second-order valence-electron chi connectivity index (χ2n) is 7.77. The minimum absolute atomic E-state index is 0.0169. The third-order valence-corrected chi connectivity index (χ3v) is 6.39. The van der Waals surface area contributed by atoms with Gasteiger partial charge < -0.3 is 14.8 Å². The van der Waals surface area contributed by atoms with Gasteiger partial charge in [0.15, 0.2) is 11.8 Å². The van der Waals surface area contributed by atoms with E-state index in [0.717, 1.165) is 37.0 Å². The topological polar surface area (TPSA) is 73.3 Å². The van der Waals surface area contributed by atoms with Gasteiger partial charge in [0, 0.05) is 5.54 Å². The Bertz CT molecular complexity index is 609. The number of carbonyl (C=O) groups is 1. The van der Waals surface area contributed by atoms with Gasteiger partial charge in [0.2, 0.25) is 11.8 Å².